The van der Waals surface area contributed by atoms with Crippen LogP contribution in [0.3, 0.4) is 0 Å². The molecule has 0 heterocycles. The summed E-state index contributed by atoms with van der Waals surface area (Å²) in [5, 5.41) is 0. The summed E-state index contributed by atoms with van der Waals surface area (Å²) in [6.45, 7) is 6.06. The standard InChI is InChI=1S/C29H31ClO3/c1-4-32-28(31)29(2,3)21-33-25-17-15-24(16-18-25)27(23-13-9-6-10-14-23)26(19-20-30)22-11-7-5-8-12-22/h5-18H,4,19-21H2,1-3H3/b27-26-. The number of hydrogen-bond acceptors (Lipinski definition) is 3. The molecule has 0 bridgehead atoms. The zero-order chi connectivity index (χ0) is 23.7. The van der Waals surface area contributed by atoms with E-state index in [2.05, 4.69) is 48.5 Å². The Labute approximate surface area is 202 Å². The lowest BCUT2D eigenvalue weighted by atomic mass is 9.88. The zero-order valence-corrected chi connectivity index (χ0v) is 20.3. The fraction of sp³-hybridized carbons (Fsp3) is 0.276. The van der Waals surface area contributed by atoms with Gasteiger partial charge in [-0.1, -0.05) is 72.8 Å². The smallest absolute Gasteiger partial charge is 0.314 e. The molecule has 0 spiro atoms. The fourth-order valence-electron chi connectivity index (χ4n) is 3.63. The predicted octanol–water partition coefficient (Wildman–Crippen LogP) is 7.24. The largest absolute Gasteiger partial charge is 0.492 e. The second-order valence-corrected chi connectivity index (χ2v) is 8.82. The first-order valence-corrected chi connectivity index (χ1v) is 11.8. The summed E-state index contributed by atoms with van der Waals surface area (Å²) in [7, 11) is 0. The first-order chi connectivity index (χ1) is 16.0. The van der Waals surface area contributed by atoms with Gasteiger partial charge in [0.2, 0.25) is 0 Å². The van der Waals surface area contributed by atoms with Crippen molar-refractivity contribution < 1.29 is 14.3 Å². The summed E-state index contributed by atoms with van der Waals surface area (Å²) in [5.74, 6) is 0.983. The van der Waals surface area contributed by atoms with Crippen LogP contribution in [-0.2, 0) is 9.53 Å². The summed E-state index contributed by atoms with van der Waals surface area (Å²) in [6.07, 6.45) is 0.752. The Kier molecular flexibility index (Phi) is 8.73. The lowest BCUT2D eigenvalue weighted by Crippen LogP contribution is -2.32. The fourth-order valence-corrected chi connectivity index (χ4v) is 3.82. The summed E-state index contributed by atoms with van der Waals surface area (Å²) in [5.41, 5.74) is 5.02. The van der Waals surface area contributed by atoms with E-state index in [9.17, 15) is 4.79 Å². The molecular weight excluding hydrogens is 432 g/mol. The van der Waals surface area contributed by atoms with Crippen molar-refractivity contribution in [1.82, 2.24) is 0 Å². The monoisotopic (exact) mass is 462 g/mol. The highest BCUT2D eigenvalue weighted by Crippen LogP contribution is 2.35. The van der Waals surface area contributed by atoms with Crippen molar-refractivity contribution in [3.63, 3.8) is 0 Å². The highest BCUT2D eigenvalue weighted by molar-refractivity contribution is 6.18. The zero-order valence-electron chi connectivity index (χ0n) is 19.5. The maximum Gasteiger partial charge on any atom is 0.314 e. The molecule has 0 fully saturated rings. The second kappa shape index (κ2) is 11.7. The summed E-state index contributed by atoms with van der Waals surface area (Å²) >= 11 is 6.23. The number of carbonyl (C=O) groups excluding carboxylic acids is 1. The van der Waals surface area contributed by atoms with Crippen LogP contribution >= 0.6 is 11.6 Å². The first kappa shape index (κ1) is 24.6. The molecule has 3 aromatic carbocycles. The number of carbonyl (C=O) groups is 1. The lowest BCUT2D eigenvalue weighted by molar-refractivity contribution is -0.155. The summed E-state index contributed by atoms with van der Waals surface area (Å²) in [4.78, 5) is 12.1. The molecule has 3 rings (SSSR count). The Hall–Kier alpha value is -3.04. The molecule has 0 aliphatic carbocycles. The molecule has 0 aliphatic rings. The van der Waals surface area contributed by atoms with Crippen LogP contribution in [0.4, 0.5) is 0 Å². The Morgan fingerprint density at radius 3 is 1.91 bits per heavy atom. The Morgan fingerprint density at radius 2 is 1.36 bits per heavy atom. The van der Waals surface area contributed by atoms with Gasteiger partial charge in [0.05, 0.1) is 12.0 Å². The molecule has 3 aromatic rings. The maximum absolute atomic E-state index is 12.1. The highest BCUT2D eigenvalue weighted by atomic mass is 35.5. The second-order valence-electron chi connectivity index (χ2n) is 8.44. The average molecular weight is 463 g/mol. The van der Waals surface area contributed by atoms with E-state index in [-0.39, 0.29) is 12.6 Å². The molecule has 0 aliphatic heterocycles. The van der Waals surface area contributed by atoms with Gasteiger partial charge in [0, 0.05) is 5.88 Å². The van der Waals surface area contributed by atoms with Crippen molar-refractivity contribution in [2.45, 2.75) is 27.2 Å². The quantitative estimate of drug-likeness (QED) is 0.181. The topological polar surface area (TPSA) is 35.5 Å². The number of benzene rings is 3. The molecule has 172 valence electrons. The van der Waals surface area contributed by atoms with E-state index >= 15 is 0 Å². The van der Waals surface area contributed by atoms with Crippen molar-refractivity contribution in [3.05, 3.63) is 102 Å². The SMILES string of the molecule is CCOC(=O)C(C)(C)COc1ccc(/C(=C(/CCCl)c2ccccc2)c2ccccc2)cc1. The molecule has 33 heavy (non-hydrogen) atoms. The number of hydrogen-bond donors (Lipinski definition) is 0. The minimum Gasteiger partial charge on any atom is -0.492 e. The first-order valence-electron chi connectivity index (χ1n) is 11.3. The van der Waals surface area contributed by atoms with Gasteiger partial charge in [-0.3, -0.25) is 4.79 Å². The van der Waals surface area contributed by atoms with E-state index in [1.165, 1.54) is 5.57 Å². The van der Waals surface area contributed by atoms with Crippen LogP contribution in [-0.4, -0.2) is 25.1 Å². The number of esters is 1. The van der Waals surface area contributed by atoms with Gasteiger partial charge in [-0.25, -0.2) is 0 Å². The van der Waals surface area contributed by atoms with Gasteiger partial charge in [0.1, 0.15) is 12.4 Å². The van der Waals surface area contributed by atoms with Crippen molar-refractivity contribution in [2.24, 2.45) is 5.41 Å². The number of allylic oxidation sites excluding steroid dienone is 1. The Balaban J connectivity index is 1.95. The van der Waals surface area contributed by atoms with Gasteiger partial charge in [0.15, 0.2) is 0 Å². The number of ether oxygens (including phenoxy) is 2. The van der Waals surface area contributed by atoms with Crippen molar-refractivity contribution in [1.29, 1.82) is 0 Å². The third-order valence-electron chi connectivity index (χ3n) is 5.40. The third kappa shape index (κ3) is 6.49. The van der Waals surface area contributed by atoms with Crippen molar-refractivity contribution in [2.75, 3.05) is 19.1 Å². The van der Waals surface area contributed by atoms with Crippen LogP contribution in [0.2, 0.25) is 0 Å². The predicted molar refractivity (Wildman–Crippen MR) is 136 cm³/mol. The Morgan fingerprint density at radius 1 is 0.818 bits per heavy atom. The van der Waals surface area contributed by atoms with Crippen LogP contribution in [0.15, 0.2) is 84.9 Å². The molecule has 0 atom stereocenters. The molecule has 3 nitrogen and oxygen atoms in total. The highest BCUT2D eigenvalue weighted by Gasteiger charge is 2.30. The lowest BCUT2D eigenvalue weighted by Gasteiger charge is -2.22. The van der Waals surface area contributed by atoms with E-state index in [0.29, 0.717) is 18.2 Å². The van der Waals surface area contributed by atoms with E-state index in [1.807, 2.05) is 50.2 Å². The third-order valence-corrected chi connectivity index (χ3v) is 5.59. The molecule has 0 saturated heterocycles. The molecule has 0 unspecified atom stereocenters. The van der Waals surface area contributed by atoms with Crippen molar-refractivity contribution >= 4 is 28.7 Å². The molecule has 0 aromatic heterocycles. The maximum atomic E-state index is 12.1. The molecule has 0 radical (unpaired) electrons. The minimum absolute atomic E-state index is 0.244. The average Bonchev–Trinajstić information content (AvgIpc) is 2.84. The molecule has 0 saturated carbocycles. The molecule has 0 N–H and O–H groups in total. The van der Waals surface area contributed by atoms with Crippen LogP contribution in [0.1, 0.15) is 43.9 Å². The van der Waals surface area contributed by atoms with E-state index in [1.54, 1.807) is 6.92 Å². The van der Waals surface area contributed by atoms with Crippen LogP contribution < -0.4 is 4.74 Å². The van der Waals surface area contributed by atoms with Gasteiger partial charge < -0.3 is 9.47 Å². The van der Waals surface area contributed by atoms with Gasteiger partial charge in [-0.2, -0.15) is 0 Å². The van der Waals surface area contributed by atoms with Crippen LogP contribution in [0, 0.1) is 5.41 Å². The van der Waals surface area contributed by atoms with Crippen LogP contribution in [0.25, 0.3) is 11.1 Å². The van der Waals surface area contributed by atoms with E-state index in [0.717, 1.165) is 28.7 Å². The normalized spacial score (nSPS) is 12.1. The molecular formula is C29H31ClO3. The summed E-state index contributed by atoms with van der Waals surface area (Å²) < 4.78 is 11.1. The minimum atomic E-state index is -0.718. The number of rotatable bonds is 10. The number of halogens is 1. The van der Waals surface area contributed by atoms with Gasteiger partial charge in [-0.15, -0.1) is 11.6 Å². The van der Waals surface area contributed by atoms with Gasteiger partial charge >= 0.3 is 5.97 Å². The van der Waals surface area contributed by atoms with Crippen LogP contribution in [0.5, 0.6) is 5.75 Å². The van der Waals surface area contributed by atoms with Gasteiger partial charge in [-0.05, 0) is 67.2 Å². The molecule has 0 amide bonds. The van der Waals surface area contributed by atoms with E-state index in [4.69, 9.17) is 21.1 Å². The van der Waals surface area contributed by atoms with Gasteiger partial charge in [0.25, 0.3) is 0 Å². The van der Waals surface area contributed by atoms with E-state index < -0.39 is 5.41 Å². The number of alkyl halides is 1. The molecule has 4 heteroatoms. The summed E-state index contributed by atoms with van der Waals surface area (Å²) in [6, 6.07) is 28.8. The van der Waals surface area contributed by atoms with Crippen molar-refractivity contribution in [3.8, 4) is 5.75 Å². The Bertz CT molecular complexity index is 1060.